The molecule has 4 heterocycles. The van der Waals surface area contributed by atoms with E-state index in [4.69, 9.17) is 5.26 Å². The molecule has 0 bridgehead atoms. The molecule has 2 saturated heterocycles. The Hall–Kier alpha value is -8.77. The second-order valence-corrected chi connectivity index (χ2v) is 20.8. The summed E-state index contributed by atoms with van der Waals surface area (Å²) in [5, 5.41) is 65.7. The molecule has 5 aliphatic rings. The van der Waals surface area contributed by atoms with Crippen LogP contribution in [-0.2, 0) is 41.3 Å². The molecule has 23 heteroatoms. The highest BCUT2D eigenvalue weighted by Crippen LogP contribution is 2.54. The largest absolute Gasteiger partial charge is 0.412 e. The van der Waals surface area contributed by atoms with Crippen molar-refractivity contribution in [3.05, 3.63) is 151 Å². The SMILES string of the molecule is CNC(=O)c1ccc2c(c1)CCc1cc(C(=O)NC)ccc1C2(C)c1nn[nH]n1.CNC(=O)c1ccc2c(c1)CCc1cc(C(=O)NC)ccc1C2(CC1(NCC(=O)N2CCC[C@H]2C#N)CC1)c1nn[nH]n1.N#C[C@@H]1CCCN1.O. The van der Waals surface area contributed by atoms with Gasteiger partial charge < -0.3 is 42.3 Å². The van der Waals surface area contributed by atoms with Crippen LogP contribution >= 0.6 is 0 Å². The molecule has 2 atom stereocenters. The Balaban J connectivity index is 0.000000195. The molecule has 6 aromatic rings. The van der Waals surface area contributed by atoms with Gasteiger partial charge in [-0.2, -0.15) is 21.0 Å². The summed E-state index contributed by atoms with van der Waals surface area (Å²) in [4.78, 5) is 64.4. The molecule has 80 heavy (non-hydrogen) atoms. The van der Waals surface area contributed by atoms with Crippen LogP contribution in [0.3, 0.4) is 0 Å². The molecule has 2 aromatic heterocycles. The Labute approximate surface area is 463 Å². The van der Waals surface area contributed by atoms with Crippen LogP contribution in [0.5, 0.6) is 0 Å². The number of hydrogen-bond acceptors (Lipinski definition) is 15. The summed E-state index contributed by atoms with van der Waals surface area (Å²) < 4.78 is 0. The van der Waals surface area contributed by atoms with Crippen molar-refractivity contribution in [3.8, 4) is 12.1 Å². The molecule has 1 saturated carbocycles. The van der Waals surface area contributed by atoms with Gasteiger partial charge in [0, 0.05) is 62.5 Å². The number of H-pyrrole nitrogens is 2. The minimum atomic E-state index is -0.883. The zero-order valence-corrected chi connectivity index (χ0v) is 45.5. The molecule has 4 aromatic carbocycles. The Kier molecular flexibility index (Phi) is 17.6. The highest BCUT2D eigenvalue weighted by molar-refractivity contribution is 5.96. The molecule has 11 rings (SSSR count). The van der Waals surface area contributed by atoms with Gasteiger partial charge in [-0.1, -0.05) is 34.7 Å². The van der Waals surface area contributed by atoms with Gasteiger partial charge in [-0.25, -0.2) is 0 Å². The molecule has 0 spiro atoms. The lowest BCUT2D eigenvalue weighted by molar-refractivity contribution is -0.130. The first-order valence-corrected chi connectivity index (χ1v) is 26.7. The third kappa shape index (κ3) is 11.3. The van der Waals surface area contributed by atoms with Crippen molar-refractivity contribution in [2.24, 2.45) is 0 Å². The number of nitrogens with zero attached hydrogens (tertiary/aromatic N) is 9. The third-order valence-electron chi connectivity index (χ3n) is 16.2. The molecule has 3 fully saturated rings. The Morgan fingerprint density at radius 3 is 1.45 bits per heavy atom. The van der Waals surface area contributed by atoms with Crippen LogP contribution in [0, 0.1) is 22.7 Å². The second kappa shape index (κ2) is 24.5. The van der Waals surface area contributed by atoms with Crippen molar-refractivity contribution in [2.45, 2.75) is 106 Å². The van der Waals surface area contributed by atoms with E-state index in [9.17, 15) is 29.2 Å². The zero-order chi connectivity index (χ0) is 55.9. The first-order chi connectivity index (χ1) is 38.3. The van der Waals surface area contributed by atoms with Crippen molar-refractivity contribution in [1.29, 1.82) is 10.5 Å². The van der Waals surface area contributed by atoms with Gasteiger partial charge in [-0.15, -0.1) is 20.4 Å². The Morgan fingerprint density at radius 2 is 1.07 bits per heavy atom. The van der Waals surface area contributed by atoms with Crippen molar-refractivity contribution in [1.82, 2.24) is 78.0 Å². The fourth-order valence-corrected chi connectivity index (χ4v) is 11.9. The monoisotopic (exact) mass is 1090 g/mol. The maximum Gasteiger partial charge on any atom is 0.251 e. The van der Waals surface area contributed by atoms with Gasteiger partial charge in [0.15, 0.2) is 11.6 Å². The highest BCUT2D eigenvalue weighted by Gasteiger charge is 2.55. The number of carbonyl (C=O) groups excluding carboxylic acids is 5. The summed E-state index contributed by atoms with van der Waals surface area (Å²) in [6.45, 7) is 3.81. The van der Waals surface area contributed by atoms with Crippen molar-refractivity contribution < 1.29 is 29.4 Å². The molecule has 23 nitrogen and oxygen atoms in total. The highest BCUT2D eigenvalue weighted by atomic mass is 16.2. The number of aryl methyl sites for hydroxylation is 4. The third-order valence-corrected chi connectivity index (χ3v) is 16.2. The van der Waals surface area contributed by atoms with Gasteiger partial charge in [-0.05, 0) is 177 Å². The van der Waals surface area contributed by atoms with Gasteiger partial charge in [0.2, 0.25) is 5.91 Å². The maximum atomic E-state index is 13.2. The van der Waals surface area contributed by atoms with Gasteiger partial charge >= 0.3 is 0 Å². The summed E-state index contributed by atoms with van der Waals surface area (Å²) in [5.41, 5.74) is 8.46. The lowest BCUT2D eigenvalue weighted by atomic mass is 9.67. The summed E-state index contributed by atoms with van der Waals surface area (Å²) in [6.07, 6.45) is 8.73. The van der Waals surface area contributed by atoms with E-state index < -0.39 is 16.4 Å². The summed E-state index contributed by atoms with van der Waals surface area (Å²) >= 11 is 0. The number of hydrogen-bond donors (Lipinski definition) is 8. The number of benzene rings is 4. The van der Waals surface area contributed by atoms with E-state index in [1.165, 1.54) is 0 Å². The first kappa shape index (κ1) is 57.4. The van der Waals surface area contributed by atoms with Crippen LogP contribution in [-0.4, -0.2) is 147 Å². The molecule has 0 radical (unpaired) electrons. The molecule has 2 aliphatic heterocycles. The number of fused-ring (bicyclic) bond motifs is 4. The quantitative estimate of drug-likeness (QED) is 0.0922. The van der Waals surface area contributed by atoms with Gasteiger partial charge in [0.25, 0.3) is 23.6 Å². The number of nitrogens with one attached hydrogen (secondary N) is 8. The van der Waals surface area contributed by atoms with Crippen LogP contribution in [0.15, 0.2) is 72.8 Å². The molecular formula is C57H67N17O6. The smallest absolute Gasteiger partial charge is 0.251 e. The summed E-state index contributed by atoms with van der Waals surface area (Å²) in [7, 11) is 6.46. The van der Waals surface area contributed by atoms with E-state index in [1.807, 2.05) is 72.8 Å². The molecule has 3 aliphatic carbocycles. The number of aromatic amines is 2. The van der Waals surface area contributed by atoms with Crippen LogP contribution in [0.1, 0.15) is 149 Å². The zero-order valence-electron chi connectivity index (χ0n) is 45.5. The maximum absolute atomic E-state index is 13.2. The topological polar surface area (TPSA) is 349 Å². The van der Waals surface area contributed by atoms with E-state index in [1.54, 1.807) is 33.1 Å². The van der Waals surface area contributed by atoms with Crippen molar-refractivity contribution in [2.75, 3.05) is 47.8 Å². The molecule has 416 valence electrons. The molecular weight excluding hydrogens is 1020 g/mol. The van der Waals surface area contributed by atoms with E-state index in [0.29, 0.717) is 66.1 Å². The minimum Gasteiger partial charge on any atom is -0.412 e. The number of likely N-dealkylation sites (tertiary alicyclic amines) is 1. The fraction of sp³-hybridized carbons (Fsp3) is 0.421. The van der Waals surface area contributed by atoms with E-state index in [0.717, 1.165) is 96.0 Å². The molecule has 10 N–H and O–H groups in total. The lowest BCUT2D eigenvalue weighted by Gasteiger charge is -2.37. The standard InChI is InChI=1S/C31H35N9O3.C21H22N6O2.C5H8N2.H2O/c1-33-27(42)21-7-9-24-19(14-21)5-6-20-15-22(28(43)34-2)8-10-25(20)31(24,29-36-38-39-37-29)18-30(11-12-30)35-17-26(41)40-13-3-4-23(40)16-32;1-21(20-24-26-27-25-20)16-8-6-14(18(28)22-2)10-12(16)4-5-13-11-15(19(29)23-3)7-9-17(13)21;6-4-5-2-1-3-7-5;/h7-10,14-15,23,35H,3-6,11-13,17-18H2,1-2H3,(H,33,42)(H,34,43)(H,36,37,38,39);6-11H,4-5H2,1-3H3,(H,22,28)(H,23,29)(H,24,25,26,27);5,7H,1-3H2;1H2/t23-;;5-;/m0.0./s1. The van der Waals surface area contributed by atoms with Crippen LogP contribution in [0.2, 0.25) is 0 Å². The summed E-state index contributed by atoms with van der Waals surface area (Å²) in [5.74, 6) is 0.357. The summed E-state index contributed by atoms with van der Waals surface area (Å²) in [6, 6.07) is 27.1. The number of nitriles is 2. The number of rotatable bonds is 11. The average molecular weight is 1090 g/mol. The van der Waals surface area contributed by atoms with Crippen molar-refractivity contribution in [3.63, 3.8) is 0 Å². The van der Waals surface area contributed by atoms with E-state index in [2.05, 4.69) is 92.2 Å². The fourth-order valence-electron chi connectivity index (χ4n) is 11.9. The normalized spacial score (nSPS) is 18.2. The van der Waals surface area contributed by atoms with Crippen LogP contribution in [0.4, 0.5) is 0 Å². The number of amides is 5. The average Bonchev–Trinajstić information content (AvgIpc) is 4.32. The minimum absolute atomic E-state index is 0. The second-order valence-electron chi connectivity index (χ2n) is 20.8. The van der Waals surface area contributed by atoms with Gasteiger partial charge in [0.05, 0.1) is 35.6 Å². The Morgan fingerprint density at radius 1 is 0.625 bits per heavy atom. The predicted octanol–water partition coefficient (Wildman–Crippen LogP) is 2.19. The predicted molar refractivity (Wildman–Crippen MR) is 293 cm³/mol. The molecule has 5 amide bonds. The number of carbonyl (C=O) groups is 5. The first-order valence-electron chi connectivity index (χ1n) is 26.7. The van der Waals surface area contributed by atoms with E-state index >= 15 is 0 Å². The Bertz CT molecular complexity index is 3200. The van der Waals surface area contributed by atoms with Gasteiger partial charge in [0.1, 0.15) is 6.04 Å². The lowest BCUT2D eigenvalue weighted by Crippen LogP contribution is -2.47. The van der Waals surface area contributed by atoms with Crippen molar-refractivity contribution >= 4 is 29.5 Å². The number of tetrazole rings is 2. The van der Waals surface area contributed by atoms with Gasteiger partial charge in [-0.3, -0.25) is 24.0 Å². The van der Waals surface area contributed by atoms with Crippen LogP contribution in [0.25, 0.3) is 0 Å². The number of aromatic nitrogens is 8. The van der Waals surface area contributed by atoms with Crippen LogP contribution < -0.4 is 31.9 Å². The van der Waals surface area contributed by atoms with E-state index in [-0.39, 0.29) is 53.6 Å². The molecule has 0 unspecified atom stereocenters.